The molecule has 4 aromatic heterocycles. The van der Waals surface area contributed by atoms with Gasteiger partial charge in [-0.3, -0.25) is 4.98 Å². The molecule has 0 fully saturated rings. The largest absolute Gasteiger partial charge is 0.473 e. The second-order valence-electron chi connectivity index (χ2n) is 4.83. The van der Waals surface area contributed by atoms with Crippen LogP contribution in [-0.4, -0.2) is 19.6 Å². The van der Waals surface area contributed by atoms with E-state index in [-0.39, 0.29) is 0 Å². The normalized spacial score (nSPS) is 11.0. The Balaban J connectivity index is 1.75. The lowest BCUT2D eigenvalue weighted by molar-refractivity contribution is 0.285. The molecule has 0 aromatic carbocycles. The highest BCUT2D eigenvalue weighted by atomic mass is 79.9. The third-order valence-electron chi connectivity index (χ3n) is 3.28. The molecule has 23 heavy (non-hydrogen) atoms. The summed E-state index contributed by atoms with van der Waals surface area (Å²) in [7, 11) is 0. The second kappa shape index (κ2) is 5.85. The van der Waals surface area contributed by atoms with E-state index in [2.05, 4.69) is 31.0 Å². The molecule has 0 aliphatic rings. The van der Waals surface area contributed by atoms with Crippen molar-refractivity contribution in [3.05, 3.63) is 65.2 Å². The van der Waals surface area contributed by atoms with Gasteiger partial charge < -0.3 is 9.15 Å². The first-order chi connectivity index (χ1) is 11.3. The van der Waals surface area contributed by atoms with Crippen molar-refractivity contribution in [1.29, 1.82) is 0 Å². The van der Waals surface area contributed by atoms with Crippen molar-refractivity contribution in [2.24, 2.45) is 0 Å². The van der Waals surface area contributed by atoms with Crippen LogP contribution in [0.2, 0.25) is 0 Å². The number of halogens is 1. The fraction of sp³-hybridized carbons (Fsp3) is 0.0625. The van der Waals surface area contributed by atoms with E-state index in [1.807, 2.05) is 30.3 Å². The molecule has 0 amide bonds. The number of rotatable bonds is 4. The average Bonchev–Trinajstić information content (AvgIpc) is 3.24. The Morgan fingerprint density at radius 3 is 2.96 bits per heavy atom. The summed E-state index contributed by atoms with van der Waals surface area (Å²) >= 11 is 3.45. The van der Waals surface area contributed by atoms with Crippen molar-refractivity contribution in [2.45, 2.75) is 6.61 Å². The first-order valence-electron chi connectivity index (χ1n) is 6.91. The Kier molecular flexibility index (Phi) is 3.55. The van der Waals surface area contributed by atoms with Crippen LogP contribution in [0.1, 0.15) is 5.56 Å². The molecule has 7 heteroatoms. The summed E-state index contributed by atoms with van der Waals surface area (Å²) in [6.07, 6.45) is 6.80. The zero-order chi connectivity index (χ0) is 15.6. The Morgan fingerprint density at radius 2 is 2.17 bits per heavy atom. The molecule has 4 rings (SSSR count). The van der Waals surface area contributed by atoms with Crippen LogP contribution < -0.4 is 4.74 Å². The molecule has 0 spiro atoms. The molecule has 0 bridgehead atoms. The van der Waals surface area contributed by atoms with Crippen molar-refractivity contribution >= 4 is 21.6 Å². The molecule has 0 atom stereocenters. The number of fused-ring (bicyclic) bond motifs is 1. The second-order valence-corrected chi connectivity index (χ2v) is 5.69. The molecule has 0 unspecified atom stereocenters. The molecule has 0 aliphatic carbocycles. The van der Waals surface area contributed by atoms with Gasteiger partial charge in [-0.1, -0.05) is 6.07 Å². The van der Waals surface area contributed by atoms with Gasteiger partial charge in [0.15, 0.2) is 11.4 Å². The van der Waals surface area contributed by atoms with E-state index in [9.17, 15) is 0 Å². The van der Waals surface area contributed by atoms with Crippen LogP contribution in [0, 0.1) is 0 Å². The number of hydrogen-bond acceptors (Lipinski definition) is 5. The van der Waals surface area contributed by atoms with Gasteiger partial charge in [0.2, 0.25) is 5.88 Å². The number of furan rings is 1. The van der Waals surface area contributed by atoms with Gasteiger partial charge >= 0.3 is 0 Å². The molecule has 0 saturated carbocycles. The molecular weight excluding hydrogens is 360 g/mol. The van der Waals surface area contributed by atoms with E-state index >= 15 is 0 Å². The van der Waals surface area contributed by atoms with E-state index in [4.69, 9.17) is 9.15 Å². The molecule has 0 saturated heterocycles. The third-order valence-corrected chi connectivity index (χ3v) is 3.84. The summed E-state index contributed by atoms with van der Waals surface area (Å²) in [6.45, 7) is 0.391. The number of ether oxygens (including phenoxy) is 1. The van der Waals surface area contributed by atoms with Gasteiger partial charge in [0, 0.05) is 24.0 Å². The molecular formula is C16H11BrN4O2. The predicted octanol–water partition coefficient (Wildman–Crippen LogP) is 3.73. The van der Waals surface area contributed by atoms with Crippen molar-refractivity contribution in [3.63, 3.8) is 0 Å². The third kappa shape index (κ3) is 2.70. The van der Waals surface area contributed by atoms with Crippen LogP contribution in [0.15, 0.2) is 64.1 Å². The Bertz CT molecular complexity index is 936. The SMILES string of the molecule is Brc1cnn2c(OCc3cccnc3)cc(-c3ccco3)nc12. The lowest BCUT2D eigenvalue weighted by Crippen LogP contribution is -2.03. The molecule has 0 radical (unpaired) electrons. The van der Waals surface area contributed by atoms with Crippen molar-refractivity contribution in [1.82, 2.24) is 19.6 Å². The van der Waals surface area contributed by atoms with Gasteiger partial charge in [0.25, 0.3) is 0 Å². The Labute approximate surface area is 139 Å². The smallest absolute Gasteiger partial charge is 0.219 e. The summed E-state index contributed by atoms with van der Waals surface area (Å²) in [6, 6.07) is 9.32. The fourth-order valence-electron chi connectivity index (χ4n) is 2.20. The lowest BCUT2D eigenvalue weighted by atomic mass is 10.3. The van der Waals surface area contributed by atoms with Crippen LogP contribution in [0.5, 0.6) is 5.88 Å². The average molecular weight is 371 g/mol. The molecule has 4 aromatic rings. The van der Waals surface area contributed by atoms with Crippen LogP contribution >= 0.6 is 15.9 Å². The van der Waals surface area contributed by atoms with E-state index in [1.54, 1.807) is 29.4 Å². The standard InChI is InChI=1S/C16H11BrN4O2/c17-12-9-19-21-15(23-10-11-3-1-5-18-8-11)7-13(20-16(12)21)14-4-2-6-22-14/h1-9H,10H2. The monoisotopic (exact) mass is 370 g/mol. The molecule has 0 aliphatic heterocycles. The summed E-state index contributed by atoms with van der Waals surface area (Å²) in [5.41, 5.74) is 2.33. The van der Waals surface area contributed by atoms with Gasteiger partial charge in [-0.15, -0.1) is 0 Å². The van der Waals surface area contributed by atoms with Crippen molar-refractivity contribution < 1.29 is 9.15 Å². The molecule has 0 N–H and O–H groups in total. The highest BCUT2D eigenvalue weighted by molar-refractivity contribution is 9.10. The predicted molar refractivity (Wildman–Crippen MR) is 87.0 cm³/mol. The maximum atomic E-state index is 5.92. The molecule has 114 valence electrons. The van der Waals surface area contributed by atoms with Gasteiger partial charge in [0.1, 0.15) is 12.3 Å². The maximum Gasteiger partial charge on any atom is 0.219 e. The van der Waals surface area contributed by atoms with Crippen LogP contribution in [-0.2, 0) is 6.61 Å². The number of hydrogen-bond donors (Lipinski definition) is 0. The highest BCUT2D eigenvalue weighted by Gasteiger charge is 2.14. The molecule has 4 heterocycles. The van der Waals surface area contributed by atoms with E-state index in [1.165, 1.54) is 0 Å². The fourth-order valence-corrected chi connectivity index (χ4v) is 2.55. The van der Waals surface area contributed by atoms with Crippen LogP contribution in [0.25, 0.3) is 17.1 Å². The maximum absolute atomic E-state index is 5.92. The minimum absolute atomic E-state index is 0.391. The first kappa shape index (κ1) is 14.0. The lowest BCUT2D eigenvalue weighted by Gasteiger charge is -2.09. The van der Waals surface area contributed by atoms with Crippen molar-refractivity contribution in [3.8, 4) is 17.3 Å². The van der Waals surface area contributed by atoms with E-state index < -0.39 is 0 Å². The van der Waals surface area contributed by atoms with Gasteiger partial charge in [-0.2, -0.15) is 9.61 Å². The molecule has 6 nitrogen and oxygen atoms in total. The number of aromatic nitrogens is 4. The van der Waals surface area contributed by atoms with E-state index in [0.717, 1.165) is 10.0 Å². The zero-order valence-electron chi connectivity index (χ0n) is 11.9. The zero-order valence-corrected chi connectivity index (χ0v) is 13.5. The summed E-state index contributed by atoms with van der Waals surface area (Å²) < 4.78 is 13.8. The summed E-state index contributed by atoms with van der Waals surface area (Å²) in [5, 5.41) is 4.29. The van der Waals surface area contributed by atoms with Crippen LogP contribution in [0.3, 0.4) is 0 Å². The van der Waals surface area contributed by atoms with Crippen LogP contribution in [0.4, 0.5) is 0 Å². The van der Waals surface area contributed by atoms with Gasteiger partial charge in [-0.05, 0) is 34.1 Å². The quantitative estimate of drug-likeness (QED) is 0.547. The van der Waals surface area contributed by atoms with Gasteiger partial charge in [0.05, 0.1) is 16.9 Å². The van der Waals surface area contributed by atoms with Gasteiger partial charge in [-0.25, -0.2) is 4.98 Å². The number of pyridine rings is 1. The Hall–Kier alpha value is -2.67. The van der Waals surface area contributed by atoms with Crippen molar-refractivity contribution in [2.75, 3.05) is 0 Å². The summed E-state index contributed by atoms with van der Waals surface area (Å²) in [4.78, 5) is 8.64. The number of nitrogens with zero attached hydrogens (tertiary/aromatic N) is 4. The topological polar surface area (TPSA) is 65.5 Å². The minimum Gasteiger partial charge on any atom is -0.473 e. The highest BCUT2D eigenvalue weighted by Crippen LogP contribution is 2.27. The summed E-state index contributed by atoms with van der Waals surface area (Å²) in [5.74, 6) is 1.25. The van der Waals surface area contributed by atoms with E-state index in [0.29, 0.717) is 29.6 Å². The first-order valence-corrected chi connectivity index (χ1v) is 7.70. The Morgan fingerprint density at radius 1 is 1.22 bits per heavy atom. The minimum atomic E-state index is 0.391.